The fourth-order valence-electron chi connectivity index (χ4n) is 2.38. The molecule has 26 heavy (non-hydrogen) atoms. The van der Waals surface area contributed by atoms with Gasteiger partial charge in [0.1, 0.15) is 17.3 Å². The Morgan fingerprint density at radius 2 is 2.04 bits per heavy atom. The van der Waals surface area contributed by atoms with Gasteiger partial charge in [0.25, 0.3) is 5.91 Å². The summed E-state index contributed by atoms with van der Waals surface area (Å²) >= 11 is 0. The van der Waals surface area contributed by atoms with Crippen molar-refractivity contribution >= 4 is 5.91 Å². The van der Waals surface area contributed by atoms with Crippen LogP contribution in [0.2, 0.25) is 0 Å². The van der Waals surface area contributed by atoms with E-state index in [0.29, 0.717) is 18.0 Å². The van der Waals surface area contributed by atoms with Crippen LogP contribution in [-0.4, -0.2) is 32.0 Å². The summed E-state index contributed by atoms with van der Waals surface area (Å²) in [6.07, 6.45) is 4.20. The quantitative estimate of drug-likeness (QED) is 0.628. The smallest absolute Gasteiger partial charge is 0.271 e. The molecule has 2 aromatic heterocycles. The van der Waals surface area contributed by atoms with Gasteiger partial charge in [-0.3, -0.25) is 9.48 Å². The number of carbonyl (C=O) groups is 1. The fourth-order valence-corrected chi connectivity index (χ4v) is 2.38. The summed E-state index contributed by atoms with van der Waals surface area (Å²) in [4.78, 5) is 12.1. The Balaban J connectivity index is 1.42. The number of carbonyl (C=O) groups excluding carboxylic acids is 1. The van der Waals surface area contributed by atoms with Gasteiger partial charge in [0, 0.05) is 31.2 Å². The standard InChI is InChI=1S/C18H20FN5O2/c1-14-7-10-21-24(14)11-2-9-20-18(25)17-8-12-23(22-17)13-26-16-5-3-15(19)4-6-16/h3-8,10,12H,2,9,11,13H2,1H3,(H,20,25). The molecule has 0 radical (unpaired) electrons. The molecule has 0 aliphatic heterocycles. The molecule has 8 heteroatoms. The van der Waals surface area contributed by atoms with Crippen LogP contribution < -0.4 is 10.1 Å². The first-order chi connectivity index (χ1) is 12.6. The van der Waals surface area contributed by atoms with E-state index in [1.54, 1.807) is 18.5 Å². The Kier molecular flexibility index (Phi) is 5.62. The molecule has 0 aliphatic rings. The van der Waals surface area contributed by atoms with Gasteiger partial charge in [-0.15, -0.1) is 0 Å². The number of hydrogen-bond donors (Lipinski definition) is 1. The zero-order valence-corrected chi connectivity index (χ0v) is 14.4. The minimum Gasteiger partial charge on any atom is -0.471 e. The first-order valence-corrected chi connectivity index (χ1v) is 8.30. The number of aromatic nitrogens is 4. The summed E-state index contributed by atoms with van der Waals surface area (Å²) in [5.74, 6) is -0.0253. The van der Waals surface area contributed by atoms with Gasteiger partial charge in [0.15, 0.2) is 6.73 Å². The highest BCUT2D eigenvalue weighted by Gasteiger charge is 2.09. The highest BCUT2D eigenvalue weighted by Crippen LogP contribution is 2.11. The molecule has 0 aliphatic carbocycles. The van der Waals surface area contributed by atoms with Crippen LogP contribution in [0, 0.1) is 12.7 Å². The monoisotopic (exact) mass is 357 g/mol. The molecule has 0 bridgehead atoms. The van der Waals surface area contributed by atoms with Gasteiger partial charge in [0.05, 0.1) is 0 Å². The Morgan fingerprint density at radius 3 is 2.77 bits per heavy atom. The van der Waals surface area contributed by atoms with Crippen molar-refractivity contribution in [3.05, 3.63) is 66.0 Å². The SMILES string of the molecule is Cc1ccnn1CCCNC(=O)c1ccn(COc2ccc(F)cc2)n1. The third kappa shape index (κ3) is 4.69. The van der Waals surface area contributed by atoms with E-state index in [4.69, 9.17) is 4.74 Å². The number of hydrogen-bond acceptors (Lipinski definition) is 4. The normalized spacial score (nSPS) is 10.7. The van der Waals surface area contributed by atoms with Gasteiger partial charge in [-0.05, 0) is 49.7 Å². The van der Waals surface area contributed by atoms with Crippen LogP contribution in [0.5, 0.6) is 5.75 Å². The molecule has 0 atom stereocenters. The minimum atomic E-state index is -0.321. The van der Waals surface area contributed by atoms with Crippen LogP contribution in [0.4, 0.5) is 4.39 Å². The van der Waals surface area contributed by atoms with E-state index >= 15 is 0 Å². The molecule has 0 fully saturated rings. The van der Waals surface area contributed by atoms with E-state index < -0.39 is 0 Å². The van der Waals surface area contributed by atoms with Crippen LogP contribution in [0.25, 0.3) is 0 Å². The topological polar surface area (TPSA) is 74.0 Å². The van der Waals surface area contributed by atoms with Gasteiger partial charge < -0.3 is 10.1 Å². The second-order valence-electron chi connectivity index (χ2n) is 5.77. The lowest BCUT2D eigenvalue weighted by atomic mass is 10.3. The predicted molar refractivity (Wildman–Crippen MR) is 93.2 cm³/mol. The highest BCUT2D eigenvalue weighted by atomic mass is 19.1. The van der Waals surface area contributed by atoms with Crippen molar-refractivity contribution in [2.24, 2.45) is 0 Å². The molecule has 136 valence electrons. The van der Waals surface area contributed by atoms with E-state index in [1.165, 1.54) is 28.9 Å². The lowest BCUT2D eigenvalue weighted by Gasteiger charge is -2.06. The molecule has 0 saturated heterocycles. The number of halogens is 1. The Bertz CT molecular complexity index is 857. The van der Waals surface area contributed by atoms with Crippen LogP contribution in [0.3, 0.4) is 0 Å². The van der Waals surface area contributed by atoms with Gasteiger partial charge in [-0.2, -0.15) is 10.2 Å². The molecular weight excluding hydrogens is 337 g/mol. The molecule has 1 aromatic carbocycles. The molecule has 0 spiro atoms. The molecule has 1 amide bonds. The van der Waals surface area contributed by atoms with Gasteiger partial charge >= 0.3 is 0 Å². The fraction of sp³-hybridized carbons (Fsp3) is 0.278. The minimum absolute atomic E-state index is 0.136. The number of rotatable bonds is 8. The van der Waals surface area contributed by atoms with Crippen molar-refractivity contribution in [3.8, 4) is 5.75 Å². The predicted octanol–water partition coefficient (Wildman–Crippen LogP) is 2.38. The molecule has 0 saturated carbocycles. The number of amides is 1. The lowest BCUT2D eigenvalue weighted by molar-refractivity contribution is 0.0945. The van der Waals surface area contributed by atoms with Crippen molar-refractivity contribution in [3.63, 3.8) is 0 Å². The third-order valence-electron chi connectivity index (χ3n) is 3.81. The molecule has 0 unspecified atom stereocenters. The lowest BCUT2D eigenvalue weighted by Crippen LogP contribution is -2.26. The zero-order valence-electron chi connectivity index (χ0n) is 14.4. The van der Waals surface area contributed by atoms with E-state index in [-0.39, 0.29) is 18.5 Å². The van der Waals surface area contributed by atoms with Gasteiger partial charge in [0.2, 0.25) is 0 Å². The summed E-state index contributed by atoms with van der Waals surface area (Å²) in [7, 11) is 0. The summed E-state index contributed by atoms with van der Waals surface area (Å²) in [5.41, 5.74) is 1.42. The number of nitrogens with zero attached hydrogens (tertiary/aromatic N) is 4. The molecule has 1 N–H and O–H groups in total. The third-order valence-corrected chi connectivity index (χ3v) is 3.81. The molecule has 3 aromatic rings. The van der Waals surface area contributed by atoms with Crippen LogP contribution in [0.15, 0.2) is 48.8 Å². The molecular formula is C18H20FN5O2. The van der Waals surface area contributed by atoms with Crippen molar-refractivity contribution in [2.75, 3.05) is 6.54 Å². The van der Waals surface area contributed by atoms with E-state index in [2.05, 4.69) is 15.5 Å². The maximum absolute atomic E-state index is 12.8. The number of nitrogens with one attached hydrogen (secondary N) is 1. The van der Waals surface area contributed by atoms with Crippen LogP contribution >= 0.6 is 0 Å². The Hall–Kier alpha value is -3.16. The van der Waals surface area contributed by atoms with Crippen molar-refractivity contribution in [1.29, 1.82) is 0 Å². The molecule has 3 rings (SSSR count). The van der Waals surface area contributed by atoms with Crippen molar-refractivity contribution in [1.82, 2.24) is 24.9 Å². The Labute approximate surface area is 150 Å². The average Bonchev–Trinajstić information content (AvgIpc) is 3.27. The second-order valence-corrected chi connectivity index (χ2v) is 5.77. The summed E-state index contributed by atoms with van der Waals surface area (Å²) in [5, 5.41) is 11.2. The van der Waals surface area contributed by atoms with Gasteiger partial charge in [-0.25, -0.2) is 9.07 Å². The van der Waals surface area contributed by atoms with E-state index in [9.17, 15) is 9.18 Å². The van der Waals surface area contributed by atoms with E-state index in [1.807, 2.05) is 17.7 Å². The second kappa shape index (κ2) is 8.28. The summed E-state index contributed by atoms with van der Waals surface area (Å²) in [6, 6.07) is 9.28. The summed E-state index contributed by atoms with van der Waals surface area (Å²) < 4.78 is 21.7. The number of aryl methyl sites for hydroxylation is 2. The average molecular weight is 357 g/mol. The van der Waals surface area contributed by atoms with Crippen LogP contribution in [0.1, 0.15) is 22.6 Å². The molecule has 2 heterocycles. The largest absolute Gasteiger partial charge is 0.471 e. The van der Waals surface area contributed by atoms with Crippen molar-refractivity contribution in [2.45, 2.75) is 26.6 Å². The van der Waals surface area contributed by atoms with E-state index in [0.717, 1.165) is 18.7 Å². The summed E-state index contributed by atoms with van der Waals surface area (Å²) in [6.45, 7) is 3.42. The highest BCUT2D eigenvalue weighted by molar-refractivity contribution is 5.92. The van der Waals surface area contributed by atoms with Crippen LogP contribution in [-0.2, 0) is 13.3 Å². The first-order valence-electron chi connectivity index (χ1n) is 8.30. The first kappa shape index (κ1) is 17.7. The maximum Gasteiger partial charge on any atom is 0.271 e. The van der Waals surface area contributed by atoms with Gasteiger partial charge in [-0.1, -0.05) is 0 Å². The number of benzene rings is 1. The Morgan fingerprint density at radius 1 is 1.23 bits per heavy atom. The molecule has 7 nitrogen and oxygen atoms in total. The zero-order chi connectivity index (χ0) is 18.4. The van der Waals surface area contributed by atoms with Crippen molar-refractivity contribution < 1.29 is 13.9 Å². The maximum atomic E-state index is 12.8. The number of ether oxygens (including phenoxy) is 1.